The third-order valence-corrected chi connectivity index (χ3v) is 7.87. The fraction of sp³-hybridized carbons (Fsp3) is 0.222. The predicted octanol–water partition coefficient (Wildman–Crippen LogP) is 4.68. The van der Waals surface area contributed by atoms with Crippen LogP contribution in [0.25, 0.3) is 0 Å². The average Bonchev–Trinajstić information content (AvgIpc) is 2.91. The molecule has 3 aromatic carbocycles. The van der Waals surface area contributed by atoms with Crippen molar-refractivity contribution in [1.82, 2.24) is 4.31 Å². The first-order valence-electron chi connectivity index (χ1n) is 11.8. The highest BCUT2D eigenvalue weighted by atomic mass is 32.2. The Morgan fingerprint density at radius 1 is 0.921 bits per heavy atom. The van der Waals surface area contributed by atoms with Crippen LogP contribution in [0.15, 0.2) is 83.8 Å². The van der Waals surface area contributed by atoms with E-state index in [2.05, 4.69) is 5.32 Å². The smallest absolute Gasteiger partial charge is 0.269 e. The highest BCUT2D eigenvalue weighted by molar-refractivity contribution is 7.89. The van der Waals surface area contributed by atoms with E-state index in [1.54, 1.807) is 32.0 Å². The van der Waals surface area contributed by atoms with Crippen molar-refractivity contribution in [2.45, 2.75) is 38.1 Å². The molecule has 0 aliphatic carbocycles. The van der Waals surface area contributed by atoms with Crippen LogP contribution in [0.4, 0.5) is 11.4 Å². The summed E-state index contributed by atoms with van der Waals surface area (Å²) in [6, 6.07) is 16.4. The first kappa shape index (κ1) is 28.2. The molecule has 0 bridgehead atoms. The minimum absolute atomic E-state index is 0.0462. The zero-order valence-corrected chi connectivity index (χ0v) is 21.8. The van der Waals surface area contributed by atoms with Crippen LogP contribution in [-0.4, -0.2) is 41.3 Å². The number of nitro groups is 1. The van der Waals surface area contributed by atoms with Crippen molar-refractivity contribution >= 4 is 39.0 Å². The highest BCUT2D eigenvalue weighted by Gasteiger charge is 2.42. The van der Waals surface area contributed by atoms with Crippen LogP contribution in [0, 0.1) is 16.0 Å². The molecule has 0 radical (unpaired) electrons. The van der Waals surface area contributed by atoms with E-state index in [9.17, 15) is 32.9 Å². The Kier molecular flexibility index (Phi) is 8.74. The molecule has 0 heterocycles. The number of amides is 2. The molecule has 0 aliphatic rings. The Labute approximate surface area is 220 Å². The minimum atomic E-state index is -4.64. The number of carbonyl (C=O) groups excluding carboxylic acids is 3. The Bertz CT molecular complexity index is 1440. The largest absolute Gasteiger partial charge is 0.324 e. The van der Waals surface area contributed by atoms with E-state index in [1.807, 2.05) is 0 Å². The van der Waals surface area contributed by atoms with Crippen molar-refractivity contribution in [1.29, 1.82) is 0 Å². The van der Waals surface area contributed by atoms with Gasteiger partial charge >= 0.3 is 0 Å². The number of anilines is 1. The number of sulfonamides is 1. The lowest BCUT2D eigenvalue weighted by Gasteiger charge is -2.33. The van der Waals surface area contributed by atoms with Gasteiger partial charge in [-0.3, -0.25) is 24.5 Å². The molecule has 11 heteroatoms. The van der Waals surface area contributed by atoms with Gasteiger partial charge in [-0.15, -0.1) is 0 Å². The molecule has 0 fully saturated rings. The van der Waals surface area contributed by atoms with Gasteiger partial charge in [-0.1, -0.05) is 38.5 Å². The van der Waals surface area contributed by atoms with Crippen LogP contribution in [0.3, 0.4) is 0 Å². The molecule has 2 unspecified atom stereocenters. The Balaban J connectivity index is 2.12. The van der Waals surface area contributed by atoms with E-state index >= 15 is 0 Å². The summed E-state index contributed by atoms with van der Waals surface area (Å²) in [4.78, 5) is 48.9. The van der Waals surface area contributed by atoms with E-state index in [0.29, 0.717) is 22.0 Å². The molecular weight excluding hydrogens is 510 g/mol. The molecule has 3 aromatic rings. The molecule has 0 saturated heterocycles. The van der Waals surface area contributed by atoms with Crippen LogP contribution < -0.4 is 5.32 Å². The summed E-state index contributed by atoms with van der Waals surface area (Å²) in [5.74, 6) is -2.43. The highest BCUT2D eigenvalue weighted by Crippen LogP contribution is 2.28. The van der Waals surface area contributed by atoms with Crippen LogP contribution in [0.1, 0.15) is 47.9 Å². The van der Waals surface area contributed by atoms with Gasteiger partial charge in [0.1, 0.15) is 6.04 Å². The number of hydrogen-bond donors (Lipinski definition) is 1. The van der Waals surface area contributed by atoms with Crippen molar-refractivity contribution in [2.75, 3.05) is 5.32 Å². The van der Waals surface area contributed by atoms with E-state index in [0.717, 1.165) is 24.3 Å². The summed E-state index contributed by atoms with van der Waals surface area (Å²) in [5.41, 5.74) is 0.469. The maximum atomic E-state index is 13.9. The fourth-order valence-electron chi connectivity index (χ4n) is 3.77. The molecule has 2 amide bonds. The second-order valence-corrected chi connectivity index (χ2v) is 10.5. The van der Waals surface area contributed by atoms with E-state index in [4.69, 9.17) is 0 Å². The summed E-state index contributed by atoms with van der Waals surface area (Å²) in [7, 11) is -4.64. The molecule has 10 nitrogen and oxygen atoms in total. The summed E-state index contributed by atoms with van der Waals surface area (Å²) >= 11 is 0. The second kappa shape index (κ2) is 11.8. The van der Waals surface area contributed by atoms with E-state index in [1.165, 1.54) is 43.3 Å². The Morgan fingerprint density at radius 3 is 2.00 bits per heavy atom. The van der Waals surface area contributed by atoms with Crippen LogP contribution in [0.5, 0.6) is 0 Å². The third-order valence-electron chi connectivity index (χ3n) is 6.09. The van der Waals surface area contributed by atoms with E-state index in [-0.39, 0.29) is 21.9 Å². The molecule has 0 aliphatic heterocycles. The Hall–Kier alpha value is -4.38. The van der Waals surface area contributed by atoms with Crippen LogP contribution in [-0.2, 0) is 14.8 Å². The number of nitrogens with one attached hydrogen (secondary N) is 1. The van der Waals surface area contributed by atoms with Gasteiger partial charge in [0.05, 0.1) is 9.82 Å². The number of rotatable bonds is 10. The molecule has 198 valence electrons. The van der Waals surface area contributed by atoms with Crippen molar-refractivity contribution in [3.63, 3.8) is 0 Å². The maximum absolute atomic E-state index is 13.9. The topological polar surface area (TPSA) is 144 Å². The molecular formula is C27H27N3O7S. The second-order valence-electron chi connectivity index (χ2n) is 8.68. The van der Waals surface area contributed by atoms with Gasteiger partial charge in [0, 0.05) is 28.9 Å². The van der Waals surface area contributed by atoms with Crippen molar-refractivity contribution < 1.29 is 27.7 Å². The number of ketones is 1. The van der Waals surface area contributed by atoms with Crippen LogP contribution in [0.2, 0.25) is 0 Å². The number of non-ortho nitro benzene ring substituents is 1. The quantitative estimate of drug-likeness (QED) is 0.225. The number of Topliss-reactive ketones (excluding diaryl/α,β-unsaturated/α-hetero) is 1. The molecule has 0 saturated carbocycles. The number of nitro benzene ring substituents is 1. The summed E-state index contributed by atoms with van der Waals surface area (Å²) < 4.78 is 28.3. The number of carbonyl (C=O) groups is 3. The summed E-state index contributed by atoms with van der Waals surface area (Å²) in [6.45, 7) is 4.82. The van der Waals surface area contributed by atoms with Gasteiger partial charge in [-0.05, 0) is 61.4 Å². The standard InChI is InChI=1S/C27H27N3O7S/c1-4-18(2)25(26(32)28-22-12-10-20(11-13-22)19(3)31)29(27(33)21-8-6-5-7-9-21)38(36,37)24-16-14-23(15-17-24)30(34)35/h5-18,25H,4H2,1-3H3,(H,28,32). The fourth-order valence-corrected chi connectivity index (χ4v) is 5.40. The lowest BCUT2D eigenvalue weighted by Crippen LogP contribution is -2.53. The third kappa shape index (κ3) is 6.12. The first-order valence-corrected chi connectivity index (χ1v) is 13.2. The molecule has 38 heavy (non-hydrogen) atoms. The van der Waals surface area contributed by atoms with E-state index < -0.39 is 38.7 Å². The lowest BCUT2D eigenvalue weighted by molar-refractivity contribution is -0.384. The van der Waals surface area contributed by atoms with Crippen molar-refractivity contribution in [3.05, 3.63) is 100 Å². The van der Waals surface area contributed by atoms with Gasteiger partial charge < -0.3 is 5.32 Å². The zero-order valence-electron chi connectivity index (χ0n) is 21.0. The van der Waals surface area contributed by atoms with Crippen LogP contribution >= 0.6 is 0 Å². The lowest BCUT2D eigenvalue weighted by atomic mass is 9.97. The predicted molar refractivity (Wildman–Crippen MR) is 141 cm³/mol. The molecule has 1 N–H and O–H groups in total. The monoisotopic (exact) mass is 537 g/mol. The maximum Gasteiger partial charge on any atom is 0.269 e. The molecule has 0 aromatic heterocycles. The Morgan fingerprint density at radius 2 is 1.50 bits per heavy atom. The molecule has 2 atom stereocenters. The zero-order chi connectivity index (χ0) is 28.0. The molecule has 0 spiro atoms. The summed E-state index contributed by atoms with van der Waals surface area (Å²) in [5, 5.41) is 13.7. The van der Waals surface area contributed by atoms with Gasteiger partial charge in [-0.2, -0.15) is 0 Å². The average molecular weight is 538 g/mol. The van der Waals surface area contributed by atoms with Gasteiger partial charge in [0.25, 0.3) is 21.6 Å². The minimum Gasteiger partial charge on any atom is -0.324 e. The number of nitrogens with zero attached hydrogens (tertiary/aromatic N) is 2. The van der Waals surface area contributed by atoms with Crippen molar-refractivity contribution in [2.24, 2.45) is 5.92 Å². The SMILES string of the molecule is CCC(C)C(C(=O)Nc1ccc(C(C)=O)cc1)N(C(=O)c1ccccc1)S(=O)(=O)c1ccc([N+](=O)[O-])cc1. The molecule has 3 rings (SSSR count). The number of benzene rings is 3. The van der Waals surface area contributed by atoms with Gasteiger partial charge in [0.2, 0.25) is 5.91 Å². The van der Waals surface area contributed by atoms with Gasteiger partial charge in [0.15, 0.2) is 5.78 Å². The first-order chi connectivity index (χ1) is 18.0. The number of hydrogen-bond acceptors (Lipinski definition) is 7. The summed E-state index contributed by atoms with van der Waals surface area (Å²) in [6.07, 6.45) is 0.357. The van der Waals surface area contributed by atoms with Gasteiger partial charge in [-0.25, -0.2) is 12.7 Å². The van der Waals surface area contributed by atoms with Crippen molar-refractivity contribution in [3.8, 4) is 0 Å². The normalized spacial score (nSPS) is 12.7.